The molecule has 1 amide bonds. The van der Waals surface area contributed by atoms with E-state index in [1.165, 1.54) is 10.9 Å². The molecule has 104 valence electrons. The lowest BCUT2D eigenvalue weighted by Gasteiger charge is -2.19. The Hall–Kier alpha value is -1.63. The molecule has 1 aliphatic rings. The van der Waals surface area contributed by atoms with Gasteiger partial charge in [-0.15, -0.1) is 0 Å². The third kappa shape index (κ3) is 3.44. The van der Waals surface area contributed by atoms with Crippen molar-refractivity contribution in [1.29, 1.82) is 0 Å². The van der Waals surface area contributed by atoms with Crippen LogP contribution in [-0.4, -0.2) is 38.6 Å². The first-order valence-corrected chi connectivity index (χ1v) is 6.61. The molecule has 1 aliphatic heterocycles. The Morgan fingerprint density at radius 1 is 1.37 bits per heavy atom. The average molecular weight is 287 g/mol. The zero-order valence-corrected chi connectivity index (χ0v) is 11.2. The van der Waals surface area contributed by atoms with Gasteiger partial charge < -0.3 is 15.0 Å². The number of carbonyl (C=O) groups is 1. The van der Waals surface area contributed by atoms with Crippen LogP contribution >= 0.6 is 11.6 Å². The van der Waals surface area contributed by atoms with Crippen LogP contribution in [0.25, 0.3) is 0 Å². The molecule has 0 N–H and O–H groups in total. The standard InChI is InChI=1S/C11H15ClN4O3/c12-9-7-15(13-11(9)16(18)19)8-10(17)14-5-3-1-2-4-6-14/h7H,1-6,8H2. The van der Waals surface area contributed by atoms with Crippen molar-refractivity contribution < 1.29 is 9.72 Å². The number of likely N-dealkylation sites (tertiary alicyclic amines) is 1. The van der Waals surface area contributed by atoms with Crippen molar-refractivity contribution in [2.75, 3.05) is 13.1 Å². The quantitative estimate of drug-likeness (QED) is 0.627. The van der Waals surface area contributed by atoms with Crippen molar-refractivity contribution in [2.45, 2.75) is 32.2 Å². The Bertz CT molecular complexity index is 480. The fraction of sp³-hybridized carbons (Fsp3) is 0.636. The van der Waals surface area contributed by atoms with Crippen LogP contribution in [0, 0.1) is 10.1 Å². The summed E-state index contributed by atoms with van der Waals surface area (Å²) in [4.78, 5) is 23.8. The molecule has 0 aliphatic carbocycles. The van der Waals surface area contributed by atoms with Gasteiger partial charge in [0.15, 0.2) is 5.02 Å². The van der Waals surface area contributed by atoms with E-state index in [2.05, 4.69) is 5.10 Å². The second-order valence-electron chi connectivity index (χ2n) is 4.55. The lowest BCUT2D eigenvalue weighted by Crippen LogP contribution is -2.34. The van der Waals surface area contributed by atoms with Gasteiger partial charge in [-0.2, -0.15) is 4.68 Å². The summed E-state index contributed by atoms with van der Waals surface area (Å²) in [6.07, 6.45) is 5.61. The minimum atomic E-state index is -0.657. The number of hydrogen-bond donors (Lipinski definition) is 0. The highest BCUT2D eigenvalue weighted by Gasteiger charge is 2.22. The van der Waals surface area contributed by atoms with Crippen LogP contribution in [0.15, 0.2) is 6.20 Å². The van der Waals surface area contributed by atoms with Gasteiger partial charge in [-0.25, -0.2) is 0 Å². The van der Waals surface area contributed by atoms with Crippen LogP contribution in [0.1, 0.15) is 25.7 Å². The van der Waals surface area contributed by atoms with Crippen molar-refractivity contribution in [1.82, 2.24) is 14.7 Å². The van der Waals surface area contributed by atoms with E-state index in [-0.39, 0.29) is 17.5 Å². The fourth-order valence-electron chi connectivity index (χ4n) is 2.15. The summed E-state index contributed by atoms with van der Waals surface area (Å²) in [5, 5.41) is 14.3. The summed E-state index contributed by atoms with van der Waals surface area (Å²) in [7, 11) is 0. The molecule has 1 fully saturated rings. The van der Waals surface area contributed by atoms with Crippen LogP contribution in [0.3, 0.4) is 0 Å². The molecule has 7 nitrogen and oxygen atoms in total. The number of halogens is 1. The maximum Gasteiger partial charge on any atom is 0.408 e. The molecule has 0 radical (unpaired) electrons. The molecule has 0 unspecified atom stereocenters. The van der Waals surface area contributed by atoms with Gasteiger partial charge >= 0.3 is 5.82 Å². The number of nitro groups is 1. The van der Waals surface area contributed by atoms with E-state index in [4.69, 9.17) is 11.6 Å². The summed E-state index contributed by atoms with van der Waals surface area (Å²) >= 11 is 5.69. The predicted octanol–water partition coefficient (Wildman–Crippen LogP) is 1.85. The second kappa shape index (κ2) is 6.01. The highest BCUT2D eigenvalue weighted by molar-refractivity contribution is 6.32. The van der Waals surface area contributed by atoms with Gasteiger partial charge in [0.05, 0.1) is 11.3 Å². The van der Waals surface area contributed by atoms with E-state index in [1.807, 2.05) is 0 Å². The third-order valence-corrected chi connectivity index (χ3v) is 3.39. The van der Waals surface area contributed by atoms with Crippen molar-refractivity contribution in [3.63, 3.8) is 0 Å². The van der Waals surface area contributed by atoms with Crippen LogP contribution in [0.4, 0.5) is 5.82 Å². The van der Waals surface area contributed by atoms with Gasteiger partial charge in [0, 0.05) is 13.1 Å². The van der Waals surface area contributed by atoms with Gasteiger partial charge in [-0.05, 0) is 17.8 Å². The molecule has 19 heavy (non-hydrogen) atoms. The molecule has 2 rings (SSSR count). The lowest BCUT2D eigenvalue weighted by molar-refractivity contribution is -0.389. The molecule has 2 heterocycles. The first kappa shape index (κ1) is 13.8. The summed E-state index contributed by atoms with van der Waals surface area (Å²) in [5.41, 5.74) is 0. The number of nitrogens with zero attached hydrogens (tertiary/aromatic N) is 4. The molecule has 0 spiro atoms. The molecule has 1 aromatic heterocycles. The summed E-state index contributed by atoms with van der Waals surface area (Å²) in [5.74, 6) is -0.485. The van der Waals surface area contributed by atoms with E-state index in [0.29, 0.717) is 0 Å². The largest absolute Gasteiger partial charge is 0.408 e. The predicted molar refractivity (Wildman–Crippen MR) is 68.9 cm³/mol. The smallest absolute Gasteiger partial charge is 0.358 e. The Morgan fingerprint density at radius 2 is 2.00 bits per heavy atom. The van der Waals surface area contributed by atoms with Crippen molar-refractivity contribution >= 4 is 23.3 Å². The average Bonchev–Trinajstić information content (AvgIpc) is 2.58. The molecule has 0 aromatic carbocycles. The molecule has 0 atom stereocenters. The van der Waals surface area contributed by atoms with E-state index in [1.54, 1.807) is 4.90 Å². The topological polar surface area (TPSA) is 81.3 Å². The Morgan fingerprint density at radius 3 is 2.53 bits per heavy atom. The van der Waals surface area contributed by atoms with Crippen LogP contribution in [0.5, 0.6) is 0 Å². The molecule has 0 saturated carbocycles. The summed E-state index contributed by atoms with van der Waals surface area (Å²) in [6.45, 7) is 1.49. The number of carbonyl (C=O) groups excluding carboxylic acids is 1. The van der Waals surface area contributed by atoms with Crippen LogP contribution in [-0.2, 0) is 11.3 Å². The van der Waals surface area contributed by atoms with Crippen molar-refractivity contribution in [3.8, 4) is 0 Å². The van der Waals surface area contributed by atoms with Crippen LogP contribution in [0.2, 0.25) is 5.02 Å². The number of rotatable bonds is 3. The second-order valence-corrected chi connectivity index (χ2v) is 4.96. The van der Waals surface area contributed by atoms with Crippen molar-refractivity contribution in [3.05, 3.63) is 21.3 Å². The lowest BCUT2D eigenvalue weighted by atomic mass is 10.2. The summed E-state index contributed by atoms with van der Waals surface area (Å²) in [6, 6.07) is 0. The maximum absolute atomic E-state index is 12.1. The van der Waals surface area contributed by atoms with E-state index >= 15 is 0 Å². The van der Waals surface area contributed by atoms with Gasteiger partial charge in [-0.1, -0.05) is 24.4 Å². The Kier molecular flexibility index (Phi) is 4.36. The number of hydrogen-bond acceptors (Lipinski definition) is 4. The first-order chi connectivity index (χ1) is 9.08. The molecule has 8 heteroatoms. The zero-order valence-electron chi connectivity index (χ0n) is 10.4. The van der Waals surface area contributed by atoms with Crippen LogP contribution < -0.4 is 0 Å². The molecular formula is C11H15ClN4O3. The van der Waals surface area contributed by atoms with Crippen molar-refractivity contribution in [2.24, 2.45) is 0 Å². The fourth-order valence-corrected chi connectivity index (χ4v) is 2.37. The molecule has 0 bridgehead atoms. The van der Waals surface area contributed by atoms with Gasteiger partial charge in [0.2, 0.25) is 5.91 Å². The Labute approximate surface area is 115 Å². The highest BCUT2D eigenvalue weighted by atomic mass is 35.5. The van der Waals surface area contributed by atoms with E-state index in [0.717, 1.165) is 38.8 Å². The first-order valence-electron chi connectivity index (χ1n) is 6.23. The number of amides is 1. The Balaban J connectivity index is 2.01. The SMILES string of the molecule is O=C(Cn1cc(Cl)c([N+](=O)[O-])n1)N1CCCCCC1. The molecular weight excluding hydrogens is 272 g/mol. The van der Waals surface area contributed by atoms with Gasteiger partial charge in [0.25, 0.3) is 0 Å². The monoisotopic (exact) mass is 286 g/mol. The minimum absolute atomic E-state index is 0.00639. The minimum Gasteiger partial charge on any atom is -0.358 e. The molecule has 1 saturated heterocycles. The molecule has 1 aromatic rings. The van der Waals surface area contributed by atoms with Gasteiger partial charge in [-0.3, -0.25) is 4.79 Å². The van der Waals surface area contributed by atoms with Gasteiger partial charge in [0.1, 0.15) is 6.54 Å². The zero-order chi connectivity index (χ0) is 13.8. The third-order valence-electron chi connectivity index (χ3n) is 3.13. The van der Waals surface area contributed by atoms with E-state index in [9.17, 15) is 14.9 Å². The van der Waals surface area contributed by atoms with E-state index < -0.39 is 10.7 Å². The maximum atomic E-state index is 12.1. The highest BCUT2D eigenvalue weighted by Crippen LogP contribution is 2.21. The summed E-state index contributed by atoms with van der Waals surface area (Å²) < 4.78 is 1.23. The number of aromatic nitrogens is 2. The normalized spacial score (nSPS) is 16.2.